The first-order valence-electron chi connectivity index (χ1n) is 14.7. The normalized spacial score (nSPS) is 11.9. The van der Waals surface area contributed by atoms with Crippen LogP contribution in [-0.4, -0.2) is 44.3 Å². The molecule has 45 heavy (non-hydrogen) atoms. The van der Waals surface area contributed by atoms with Crippen LogP contribution >= 0.6 is 23.2 Å². The fraction of sp³-hybridized carbons (Fsp3) is 0.257. The molecule has 0 heterocycles. The van der Waals surface area contributed by atoms with E-state index in [-0.39, 0.29) is 39.5 Å². The van der Waals surface area contributed by atoms with Crippen LogP contribution in [0, 0.1) is 13.8 Å². The van der Waals surface area contributed by atoms with Gasteiger partial charge in [0.05, 0.1) is 20.6 Å². The monoisotopic (exact) mass is 665 g/mol. The molecule has 0 aliphatic carbocycles. The van der Waals surface area contributed by atoms with Crippen molar-refractivity contribution in [3.8, 4) is 0 Å². The second-order valence-corrected chi connectivity index (χ2v) is 13.5. The van der Waals surface area contributed by atoms with E-state index in [0.29, 0.717) is 13.0 Å². The van der Waals surface area contributed by atoms with Gasteiger partial charge < -0.3 is 10.2 Å². The van der Waals surface area contributed by atoms with Gasteiger partial charge in [-0.2, -0.15) is 0 Å². The molecule has 0 aromatic heterocycles. The van der Waals surface area contributed by atoms with Crippen LogP contribution < -0.4 is 9.62 Å². The quantitative estimate of drug-likeness (QED) is 0.167. The lowest BCUT2D eigenvalue weighted by molar-refractivity contribution is -0.140. The standard InChI is InChI=1S/C35H37Cl2N3O4S/c1-4-21-38-35(42)32(22-27-12-6-5-7-13-27)39(23-28-14-9-8-11-26(28)3)33(41)24-40(31-16-10-15-30(36)34(31)37)45(43,44)29-19-17-25(2)18-20-29/h5-20,32H,4,21-24H2,1-3H3,(H,38,42)/t32-/m1/s1. The number of halogens is 2. The average Bonchev–Trinajstić information content (AvgIpc) is 3.03. The predicted octanol–water partition coefficient (Wildman–Crippen LogP) is 6.97. The molecule has 0 aliphatic rings. The number of benzene rings is 4. The number of sulfonamides is 1. The first-order valence-corrected chi connectivity index (χ1v) is 16.9. The zero-order valence-electron chi connectivity index (χ0n) is 25.5. The van der Waals surface area contributed by atoms with Crippen molar-refractivity contribution in [2.45, 2.75) is 51.1 Å². The Balaban J connectivity index is 1.83. The predicted molar refractivity (Wildman–Crippen MR) is 181 cm³/mol. The number of nitrogens with one attached hydrogen (secondary N) is 1. The molecule has 0 saturated heterocycles. The molecule has 0 fully saturated rings. The van der Waals surface area contributed by atoms with Gasteiger partial charge >= 0.3 is 0 Å². The van der Waals surface area contributed by atoms with Gasteiger partial charge in [0.1, 0.15) is 12.6 Å². The molecular formula is C35H37Cl2N3O4S. The van der Waals surface area contributed by atoms with Gasteiger partial charge in [-0.1, -0.05) is 108 Å². The molecule has 0 radical (unpaired) electrons. The number of aryl methyl sites for hydroxylation is 2. The zero-order valence-corrected chi connectivity index (χ0v) is 27.9. The summed E-state index contributed by atoms with van der Waals surface area (Å²) < 4.78 is 29.4. The number of carbonyl (C=O) groups excluding carboxylic acids is 2. The third-order valence-corrected chi connectivity index (χ3v) is 10.1. The third-order valence-electron chi connectivity index (χ3n) is 7.51. The van der Waals surface area contributed by atoms with Crippen molar-refractivity contribution in [1.82, 2.24) is 10.2 Å². The summed E-state index contributed by atoms with van der Waals surface area (Å²) in [6, 6.07) is 27.1. The molecule has 0 spiro atoms. The molecule has 1 N–H and O–H groups in total. The van der Waals surface area contributed by atoms with Crippen LogP contribution in [0.3, 0.4) is 0 Å². The van der Waals surface area contributed by atoms with Gasteiger partial charge in [-0.15, -0.1) is 0 Å². The number of amides is 2. The van der Waals surface area contributed by atoms with E-state index >= 15 is 0 Å². The highest BCUT2D eigenvalue weighted by atomic mass is 35.5. The third kappa shape index (κ3) is 8.45. The average molecular weight is 667 g/mol. The van der Waals surface area contributed by atoms with Crippen LogP contribution in [0.1, 0.15) is 35.6 Å². The van der Waals surface area contributed by atoms with E-state index in [4.69, 9.17) is 23.2 Å². The molecule has 4 rings (SSSR count). The highest BCUT2D eigenvalue weighted by molar-refractivity contribution is 7.92. The van der Waals surface area contributed by atoms with Gasteiger partial charge in [-0.05, 0) is 61.2 Å². The largest absolute Gasteiger partial charge is 0.354 e. The van der Waals surface area contributed by atoms with Crippen molar-refractivity contribution in [3.63, 3.8) is 0 Å². The van der Waals surface area contributed by atoms with Gasteiger partial charge in [-0.3, -0.25) is 13.9 Å². The van der Waals surface area contributed by atoms with Gasteiger partial charge in [0.2, 0.25) is 11.8 Å². The summed E-state index contributed by atoms with van der Waals surface area (Å²) in [7, 11) is -4.30. The lowest BCUT2D eigenvalue weighted by Crippen LogP contribution is -2.53. The fourth-order valence-electron chi connectivity index (χ4n) is 4.93. The topological polar surface area (TPSA) is 86.8 Å². The maximum atomic E-state index is 14.5. The fourth-order valence-corrected chi connectivity index (χ4v) is 6.80. The molecule has 0 bridgehead atoms. The highest BCUT2D eigenvalue weighted by Gasteiger charge is 2.35. The Morgan fingerprint density at radius 1 is 0.844 bits per heavy atom. The van der Waals surface area contributed by atoms with E-state index in [2.05, 4.69) is 5.32 Å². The van der Waals surface area contributed by atoms with Gasteiger partial charge in [0.15, 0.2) is 0 Å². The number of nitrogens with zero attached hydrogens (tertiary/aromatic N) is 2. The number of carbonyl (C=O) groups is 2. The van der Waals surface area contributed by atoms with Crippen molar-refractivity contribution >= 4 is 50.7 Å². The summed E-state index contributed by atoms with van der Waals surface area (Å²) in [5.41, 5.74) is 3.57. The molecule has 0 unspecified atom stereocenters. The number of rotatable bonds is 13. The molecule has 2 amide bonds. The minimum atomic E-state index is -4.30. The minimum Gasteiger partial charge on any atom is -0.354 e. The molecule has 1 atom stereocenters. The summed E-state index contributed by atoms with van der Waals surface area (Å²) in [5, 5.41) is 3.09. The Bertz CT molecular complexity index is 1730. The molecule has 0 aliphatic heterocycles. The first-order chi connectivity index (χ1) is 21.5. The summed E-state index contributed by atoms with van der Waals surface area (Å²) in [6.07, 6.45) is 0.946. The van der Waals surface area contributed by atoms with E-state index in [0.717, 1.165) is 26.6 Å². The Morgan fingerprint density at radius 2 is 1.51 bits per heavy atom. The van der Waals surface area contributed by atoms with E-state index in [1.54, 1.807) is 24.3 Å². The lowest BCUT2D eigenvalue weighted by atomic mass is 10.0. The second kappa shape index (κ2) is 15.4. The summed E-state index contributed by atoms with van der Waals surface area (Å²) in [4.78, 5) is 29.8. The highest BCUT2D eigenvalue weighted by Crippen LogP contribution is 2.35. The molecule has 0 saturated carbocycles. The summed E-state index contributed by atoms with van der Waals surface area (Å²) in [5.74, 6) is -0.895. The molecule has 7 nitrogen and oxygen atoms in total. The Labute approximate surface area is 275 Å². The second-order valence-electron chi connectivity index (χ2n) is 10.8. The van der Waals surface area contributed by atoms with E-state index in [1.807, 2.05) is 75.4 Å². The first kappa shape index (κ1) is 34.0. The van der Waals surface area contributed by atoms with E-state index in [9.17, 15) is 18.0 Å². The maximum Gasteiger partial charge on any atom is 0.264 e. The smallest absolute Gasteiger partial charge is 0.264 e. The van der Waals surface area contributed by atoms with Crippen LogP contribution in [0.4, 0.5) is 5.69 Å². The maximum absolute atomic E-state index is 14.5. The van der Waals surface area contributed by atoms with Gasteiger partial charge in [0, 0.05) is 19.5 Å². The van der Waals surface area contributed by atoms with Crippen molar-refractivity contribution in [2.24, 2.45) is 0 Å². The van der Waals surface area contributed by atoms with Gasteiger partial charge in [-0.25, -0.2) is 8.42 Å². The lowest BCUT2D eigenvalue weighted by Gasteiger charge is -2.34. The zero-order chi connectivity index (χ0) is 32.6. The summed E-state index contributed by atoms with van der Waals surface area (Å²) >= 11 is 12.9. The molecular weight excluding hydrogens is 629 g/mol. The van der Waals surface area contributed by atoms with Crippen molar-refractivity contribution in [1.29, 1.82) is 0 Å². The Hall–Kier alpha value is -3.85. The Kier molecular flexibility index (Phi) is 11.7. The number of hydrogen-bond acceptors (Lipinski definition) is 4. The summed E-state index contributed by atoms with van der Waals surface area (Å²) in [6.45, 7) is 5.64. The van der Waals surface area contributed by atoms with Crippen LogP contribution in [0.25, 0.3) is 0 Å². The van der Waals surface area contributed by atoms with E-state index in [1.165, 1.54) is 23.1 Å². The SMILES string of the molecule is CCCNC(=O)[C@@H](Cc1ccccc1)N(Cc1ccccc1C)C(=O)CN(c1cccc(Cl)c1Cl)S(=O)(=O)c1ccc(C)cc1. The molecule has 10 heteroatoms. The molecule has 4 aromatic carbocycles. The molecule has 4 aromatic rings. The molecule has 236 valence electrons. The van der Waals surface area contributed by atoms with Gasteiger partial charge in [0.25, 0.3) is 10.0 Å². The van der Waals surface area contributed by atoms with Crippen LogP contribution in [0.2, 0.25) is 10.0 Å². The van der Waals surface area contributed by atoms with Crippen LogP contribution in [0.15, 0.2) is 102 Å². The minimum absolute atomic E-state index is 0.00497. The number of hydrogen-bond donors (Lipinski definition) is 1. The van der Waals surface area contributed by atoms with E-state index < -0.39 is 28.5 Å². The van der Waals surface area contributed by atoms with Crippen LogP contribution in [-0.2, 0) is 32.6 Å². The van der Waals surface area contributed by atoms with Crippen molar-refractivity contribution in [2.75, 3.05) is 17.4 Å². The van der Waals surface area contributed by atoms with Crippen molar-refractivity contribution < 1.29 is 18.0 Å². The van der Waals surface area contributed by atoms with Crippen LogP contribution in [0.5, 0.6) is 0 Å². The van der Waals surface area contributed by atoms with Crippen molar-refractivity contribution in [3.05, 3.63) is 129 Å². The Morgan fingerprint density at radius 3 is 2.18 bits per heavy atom. The number of anilines is 1.